The number of hydrogen-bond acceptors (Lipinski definition) is 9. The van der Waals surface area contributed by atoms with Crippen LogP contribution < -0.4 is 14.2 Å². The number of benzene rings is 2. The van der Waals surface area contributed by atoms with Crippen LogP contribution in [0.1, 0.15) is 19.4 Å². The van der Waals surface area contributed by atoms with Gasteiger partial charge in [-0.2, -0.15) is 0 Å². The lowest BCUT2D eigenvalue weighted by Gasteiger charge is -2.12. The number of aliphatic carboxylic acids is 1. The molecule has 0 spiro atoms. The molecule has 0 fully saturated rings. The Morgan fingerprint density at radius 1 is 1.08 bits per heavy atom. The number of rotatable bonds is 12. The second-order valence-corrected chi connectivity index (χ2v) is 8.41. The van der Waals surface area contributed by atoms with Gasteiger partial charge in [-0.05, 0) is 67.6 Å². The van der Waals surface area contributed by atoms with Crippen molar-refractivity contribution in [3.05, 3.63) is 51.9 Å². The summed E-state index contributed by atoms with van der Waals surface area (Å²) in [6.07, 6.45) is 1.46. The van der Waals surface area contributed by atoms with Gasteiger partial charge in [0, 0.05) is 5.02 Å². The quantitative estimate of drug-likeness (QED) is 0.192. The summed E-state index contributed by atoms with van der Waals surface area (Å²) in [6, 6.07) is 9.91. The molecule has 0 amide bonds. The highest BCUT2D eigenvalue weighted by molar-refractivity contribution is 8.04. The summed E-state index contributed by atoms with van der Waals surface area (Å²) < 4.78 is 21.3. The van der Waals surface area contributed by atoms with E-state index >= 15 is 0 Å². The van der Waals surface area contributed by atoms with Crippen molar-refractivity contribution in [3.8, 4) is 28.6 Å². The van der Waals surface area contributed by atoms with Crippen LogP contribution in [-0.4, -0.2) is 59.2 Å². The molecule has 190 valence electrons. The molecule has 0 atom stereocenters. The van der Waals surface area contributed by atoms with E-state index < -0.39 is 11.9 Å². The first-order chi connectivity index (χ1) is 17.3. The first-order valence-corrected chi connectivity index (χ1v) is 12.0. The van der Waals surface area contributed by atoms with Crippen LogP contribution in [0.2, 0.25) is 5.02 Å². The number of hydrogen-bond donors (Lipinski definition) is 2. The van der Waals surface area contributed by atoms with Crippen LogP contribution in [0.4, 0.5) is 0 Å². The predicted octanol–water partition coefficient (Wildman–Crippen LogP) is 4.69. The van der Waals surface area contributed by atoms with E-state index in [9.17, 15) is 14.7 Å². The number of nitrogens with one attached hydrogen (secondary N) is 1. The van der Waals surface area contributed by atoms with Gasteiger partial charge < -0.3 is 24.1 Å². The largest absolute Gasteiger partial charge is 0.496 e. The van der Waals surface area contributed by atoms with E-state index in [0.29, 0.717) is 45.8 Å². The highest BCUT2D eigenvalue weighted by Gasteiger charge is 2.17. The minimum Gasteiger partial charge on any atom is -0.496 e. The summed E-state index contributed by atoms with van der Waals surface area (Å²) in [5, 5.41) is 17.3. The zero-order chi connectivity index (χ0) is 26.1. The van der Waals surface area contributed by atoms with Crippen molar-refractivity contribution in [2.75, 3.05) is 26.9 Å². The summed E-state index contributed by atoms with van der Waals surface area (Å²) in [6.45, 7) is 3.82. The van der Waals surface area contributed by atoms with E-state index in [-0.39, 0.29) is 23.3 Å². The topological polar surface area (TPSA) is 133 Å². The molecule has 0 aliphatic rings. The van der Waals surface area contributed by atoms with Gasteiger partial charge in [0.1, 0.15) is 10.7 Å². The Hall–Kier alpha value is -3.70. The Morgan fingerprint density at radius 3 is 2.56 bits per heavy atom. The maximum Gasteiger partial charge on any atom is 0.344 e. The van der Waals surface area contributed by atoms with Gasteiger partial charge in [0.15, 0.2) is 23.9 Å². The predicted molar refractivity (Wildman–Crippen MR) is 135 cm³/mol. The molecule has 0 bridgehead atoms. The summed E-state index contributed by atoms with van der Waals surface area (Å²) >= 11 is 6.96. The van der Waals surface area contributed by atoms with Crippen molar-refractivity contribution in [1.29, 1.82) is 0 Å². The number of H-pyrrole nitrogens is 1. The number of thioether (sulfide) groups is 1. The van der Waals surface area contributed by atoms with E-state index in [1.54, 1.807) is 50.2 Å². The van der Waals surface area contributed by atoms with Gasteiger partial charge in [-0.25, -0.2) is 14.6 Å². The average Bonchev–Trinajstić information content (AvgIpc) is 3.32. The Balaban J connectivity index is 1.83. The van der Waals surface area contributed by atoms with Crippen LogP contribution in [0.25, 0.3) is 17.5 Å². The van der Waals surface area contributed by atoms with Gasteiger partial charge in [-0.15, -0.1) is 5.10 Å². The van der Waals surface area contributed by atoms with Crippen molar-refractivity contribution < 1.29 is 33.6 Å². The minimum absolute atomic E-state index is 0.0266. The Kier molecular flexibility index (Phi) is 9.60. The van der Waals surface area contributed by atoms with Gasteiger partial charge in [0.05, 0.1) is 25.9 Å². The van der Waals surface area contributed by atoms with Crippen LogP contribution in [-0.2, 0) is 14.3 Å². The lowest BCUT2D eigenvalue weighted by Crippen LogP contribution is -2.15. The lowest BCUT2D eigenvalue weighted by molar-refractivity contribution is -0.145. The van der Waals surface area contributed by atoms with Crippen LogP contribution in [0, 0.1) is 0 Å². The Morgan fingerprint density at radius 2 is 1.86 bits per heavy atom. The number of ether oxygens (including phenoxy) is 4. The van der Waals surface area contributed by atoms with Gasteiger partial charge in [-0.3, -0.25) is 5.10 Å². The number of carboxylic acid groups (broad SMARTS) is 1. The molecule has 10 nitrogen and oxygen atoms in total. The molecule has 3 rings (SSSR count). The average molecular weight is 534 g/mol. The smallest absolute Gasteiger partial charge is 0.344 e. The van der Waals surface area contributed by atoms with Crippen LogP contribution in [0.3, 0.4) is 0 Å². The second kappa shape index (κ2) is 12.8. The van der Waals surface area contributed by atoms with E-state index in [2.05, 4.69) is 15.2 Å². The normalized spacial score (nSPS) is 11.2. The Labute approximate surface area is 216 Å². The van der Waals surface area contributed by atoms with Gasteiger partial charge >= 0.3 is 11.9 Å². The van der Waals surface area contributed by atoms with Crippen LogP contribution in [0.5, 0.6) is 17.2 Å². The van der Waals surface area contributed by atoms with E-state index in [1.165, 1.54) is 13.2 Å². The summed E-state index contributed by atoms with van der Waals surface area (Å²) in [4.78, 5) is 27.9. The molecule has 1 aromatic heterocycles. The molecule has 0 aliphatic heterocycles. The lowest BCUT2D eigenvalue weighted by atomic mass is 10.2. The Bertz CT molecular complexity index is 1260. The van der Waals surface area contributed by atoms with Crippen molar-refractivity contribution in [2.24, 2.45) is 0 Å². The number of methoxy groups -OCH3 is 1. The number of carboxylic acids is 1. The number of aromatic amines is 1. The summed E-state index contributed by atoms with van der Waals surface area (Å²) in [5.74, 6) is -0.0562. The highest BCUT2D eigenvalue weighted by Crippen LogP contribution is 2.34. The van der Waals surface area contributed by atoms with Gasteiger partial charge in [-0.1, -0.05) is 17.7 Å². The molecular formula is C24H24ClN3O7S. The molecular weight excluding hydrogens is 510 g/mol. The zero-order valence-electron chi connectivity index (χ0n) is 19.7. The number of esters is 1. The third-order valence-electron chi connectivity index (χ3n) is 4.51. The number of halogens is 1. The molecule has 0 radical (unpaired) electrons. The maximum atomic E-state index is 11.9. The third-order valence-corrected chi connectivity index (χ3v) is 5.62. The summed E-state index contributed by atoms with van der Waals surface area (Å²) in [7, 11) is 1.52. The minimum atomic E-state index is -1.16. The monoisotopic (exact) mass is 533 g/mol. The molecule has 0 aliphatic carbocycles. The fourth-order valence-electron chi connectivity index (χ4n) is 3.00. The molecule has 0 saturated heterocycles. The third kappa shape index (κ3) is 7.15. The standard InChI is InChI=1S/C24H24ClN3O7S/c1-4-33-19-10-14(6-8-18(19)35-13-21(29)34-5-2)11-20(23(30)31)36-24-26-22(27-28-24)16-12-15(25)7-9-17(16)32-3/h6-12H,4-5,13H2,1-3H3,(H,30,31)(H,26,27,28)/b20-11-. The van der Waals surface area contributed by atoms with Gasteiger partial charge in [0.25, 0.3) is 0 Å². The van der Waals surface area contributed by atoms with E-state index in [4.69, 9.17) is 30.5 Å². The first kappa shape index (κ1) is 26.9. The van der Waals surface area contributed by atoms with Crippen molar-refractivity contribution in [3.63, 3.8) is 0 Å². The van der Waals surface area contributed by atoms with Crippen LogP contribution >= 0.6 is 23.4 Å². The number of carbonyl (C=O) groups is 2. The highest BCUT2D eigenvalue weighted by atomic mass is 35.5. The first-order valence-electron chi connectivity index (χ1n) is 10.8. The number of nitrogens with zero attached hydrogens (tertiary/aromatic N) is 2. The molecule has 0 saturated carbocycles. The molecule has 36 heavy (non-hydrogen) atoms. The fourth-order valence-corrected chi connectivity index (χ4v) is 3.88. The molecule has 2 N–H and O–H groups in total. The van der Waals surface area contributed by atoms with Crippen molar-refractivity contribution in [2.45, 2.75) is 19.0 Å². The molecule has 12 heteroatoms. The molecule has 1 heterocycles. The number of carbonyl (C=O) groups excluding carboxylic acids is 1. The van der Waals surface area contributed by atoms with Crippen LogP contribution in [0.15, 0.2) is 46.5 Å². The molecule has 2 aromatic carbocycles. The second-order valence-electron chi connectivity index (χ2n) is 6.96. The van der Waals surface area contributed by atoms with E-state index in [0.717, 1.165) is 11.8 Å². The zero-order valence-corrected chi connectivity index (χ0v) is 21.3. The van der Waals surface area contributed by atoms with Crippen molar-refractivity contribution in [1.82, 2.24) is 15.2 Å². The maximum absolute atomic E-state index is 11.9. The SMILES string of the molecule is CCOC(=O)COc1ccc(/C=C(\Sc2n[nH]c(-c3cc(Cl)ccc3OC)n2)C(=O)O)cc1OCC. The molecule has 3 aromatic rings. The summed E-state index contributed by atoms with van der Waals surface area (Å²) in [5.41, 5.74) is 1.13. The van der Waals surface area contributed by atoms with Crippen molar-refractivity contribution >= 4 is 41.4 Å². The fraction of sp³-hybridized carbons (Fsp3) is 0.250. The number of aromatic nitrogens is 3. The van der Waals surface area contributed by atoms with Gasteiger partial charge in [0.2, 0.25) is 5.16 Å². The molecule has 0 unspecified atom stereocenters. The van der Waals surface area contributed by atoms with E-state index in [1.807, 2.05) is 0 Å².